The summed E-state index contributed by atoms with van der Waals surface area (Å²) in [5.41, 5.74) is 1.90. The van der Waals surface area contributed by atoms with Crippen molar-refractivity contribution >= 4 is 34.7 Å². The number of halogens is 1. The van der Waals surface area contributed by atoms with Crippen LogP contribution < -0.4 is 4.90 Å². The van der Waals surface area contributed by atoms with Gasteiger partial charge in [-0.05, 0) is 43.0 Å². The first-order valence-electron chi connectivity index (χ1n) is 9.71. The second kappa shape index (κ2) is 6.87. The van der Waals surface area contributed by atoms with Gasteiger partial charge in [-0.2, -0.15) is 0 Å². The zero-order valence-electron chi connectivity index (χ0n) is 15.5. The van der Waals surface area contributed by atoms with Crippen molar-refractivity contribution in [2.45, 2.75) is 30.8 Å². The Labute approximate surface area is 168 Å². The van der Waals surface area contributed by atoms with Crippen LogP contribution in [-0.2, 0) is 4.79 Å². The molecule has 0 radical (unpaired) electrons. The largest absolute Gasteiger partial charge is 0.354 e. The highest BCUT2D eigenvalue weighted by molar-refractivity contribution is 6.30. The number of anilines is 1. The summed E-state index contributed by atoms with van der Waals surface area (Å²) in [6.07, 6.45) is 7.79. The number of benzene rings is 1. The maximum Gasteiger partial charge on any atom is 0.142 e. The predicted octanol–water partition coefficient (Wildman–Crippen LogP) is 3.60. The van der Waals surface area contributed by atoms with Crippen LogP contribution >= 0.6 is 11.6 Å². The quantitative estimate of drug-likeness (QED) is 0.684. The molecule has 3 aromatic rings. The maximum atomic E-state index is 12.1. The Morgan fingerprint density at radius 3 is 2.71 bits per heavy atom. The zero-order chi connectivity index (χ0) is 19.1. The number of nitrogens with zero attached hydrogens (tertiary/aromatic N) is 4. The summed E-state index contributed by atoms with van der Waals surface area (Å²) in [5.74, 6) is 0.980. The van der Waals surface area contributed by atoms with Gasteiger partial charge in [0.15, 0.2) is 0 Å². The summed E-state index contributed by atoms with van der Waals surface area (Å²) in [6.45, 7) is 2.69. The van der Waals surface area contributed by atoms with E-state index in [1.807, 2.05) is 36.5 Å². The van der Waals surface area contributed by atoms with E-state index in [1.165, 1.54) is 0 Å². The standard InChI is InChI=1S/C21H22ClN5O/c22-16-4-2-15(3-5-16)18(12-28)27-11-1-10-26(13-21(27)7-8-21)20-17-6-9-23-19(17)24-14-25-20/h2-6,9,12,14,18H,1,7-8,10-11,13H2,(H,23,24,25). The molecule has 1 unspecified atom stereocenters. The van der Waals surface area contributed by atoms with Crippen molar-refractivity contribution in [1.29, 1.82) is 0 Å². The summed E-state index contributed by atoms with van der Waals surface area (Å²) in [5, 5.41) is 1.74. The molecule has 2 fully saturated rings. The van der Waals surface area contributed by atoms with Crippen LogP contribution in [0.25, 0.3) is 11.0 Å². The highest BCUT2D eigenvalue weighted by Gasteiger charge is 2.52. The van der Waals surface area contributed by atoms with Gasteiger partial charge in [0, 0.05) is 36.4 Å². The van der Waals surface area contributed by atoms with E-state index in [1.54, 1.807) is 6.33 Å². The average molecular weight is 396 g/mol. The van der Waals surface area contributed by atoms with Gasteiger partial charge in [0.25, 0.3) is 0 Å². The fourth-order valence-corrected chi connectivity index (χ4v) is 4.63. The maximum absolute atomic E-state index is 12.1. The number of aldehydes is 1. The smallest absolute Gasteiger partial charge is 0.142 e. The van der Waals surface area contributed by atoms with Crippen LogP contribution in [0.3, 0.4) is 0 Å². The first-order chi connectivity index (χ1) is 13.7. The van der Waals surface area contributed by atoms with E-state index in [0.717, 1.165) is 67.6 Å². The van der Waals surface area contributed by atoms with E-state index in [9.17, 15) is 4.79 Å². The SMILES string of the molecule is O=CC(c1ccc(Cl)cc1)N1CCCN(c2ncnc3[nH]ccc23)CC12CC2. The molecule has 1 aliphatic heterocycles. The van der Waals surface area contributed by atoms with Crippen LogP contribution in [0, 0.1) is 0 Å². The number of aromatic nitrogens is 3. The Bertz CT molecular complexity index is 997. The fourth-order valence-electron chi connectivity index (χ4n) is 4.50. The summed E-state index contributed by atoms with van der Waals surface area (Å²) in [7, 11) is 0. The van der Waals surface area contributed by atoms with Crippen molar-refractivity contribution in [3.63, 3.8) is 0 Å². The Hall–Kier alpha value is -2.44. The number of hydrogen-bond donors (Lipinski definition) is 1. The lowest BCUT2D eigenvalue weighted by atomic mass is 10.0. The van der Waals surface area contributed by atoms with Crippen molar-refractivity contribution < 1.29 is 4.79 Å². The third-order valence-electron chi connectivity index (χ3n) is 6.06. The lowest BCUT2D eigenvalue weighted by molar-refractivity contribution is -0.113. The van der Waals surface area contributed by atoms with Gasteiger partial charge < -0.3 is 14.7 Å². The van der Waals surface area contributed by atoms with Crippen LogP contribution in [-0.4, -0.2) is 51.3 Å². The molecule has 0 amide bonds. The van der Waals surface area contributed by atoms with E-state index in [2.05, 4.69) is 24.8 Å². The van der Waals surface area contributed by atoms with Crippen LogP contribution in [0.5, 0.6) is 0 Å². The minimum Gasteiger partial charge on any atom is -0.354 e. The van der Waals surface area contributed by atoms with Crippen molar-refractivity contribution in [2.75, 3.05) is 24.5 Å². The monoisotopic (exact) mass is 395 g/mol. The molecule has 1 spiro atoms. The molecule has 2 aliphatic rings. The van der Waals surface area contributed by atoms with Crippen LogP contribution in [0.15, 0.2) is 42.9 Å². The van der Waals surface area contributed by atoms with Gasteiger partial charge in [-0.1, -0.05) is 23.7 Å². The molecule has 1 saturated carbocycles. The number of rotatable bonds is 4. The molecule has 6 nitrogen and oxygen atoms in total. The molecule has 1 aliphatic carbocycles. The normalized spacial score (nSPS) is 20.2. The lowest BCUT2D eigenvalue weighted by Gasteiger charge is -2.36. The van der Waals surface area contributed by atoms with Gasteiger partial charge in [-0.15, -0.1) is 0 Å². The molecule has 7 heteroatoms. The van der Waals surface area contributed by atoms with Gasteiger partial charge in [0.1, 0.15) is 24.1 Å². The molecule has 1 atom stereocenters. The highest BCUT2D eigenvalue weighted by atomic mass is 35.5. The van der Waals surface area contributed by atoms with Crippen LogP contribution in [0.2, 0.25) is 5.02 Å². The molecule has 144 valence electrons. The molecular weight excluding hydrogens is 374 g/mol. The molecule has 1 saturated heterocycles. The Balaban J connectivity index is 1.46. The van der Waals surface area contributed by atoms with Crippen molar-refractivity contribution in [2.24, 2.45) is 0 Å². The van der Waals surface area contributed by atoms with E-state index < -0.39 is 0 Å². The zero-order valence-corrected chi connectivity index (χ0v) is 16.3. The third-order valence-corrected chi connectivity index (χ3v) is 6.31. The van der Waals surface area contributed by atoms with Gasteiger partial charge in [0.2, 0.25) is 0 Å². The van der Waals surface area contributed by atoms with Crippen molar-refractivity contribution in [1.82, 2.24) is 19.9 Å². The first kappa shape index (κ1) is 17.6. The lowest BCUT2D eigenvalue weighted by Crippen LogP contribution is -2.46. The van der Waals surface area contributed by atoms with Gasteiger partial charge in [-0.25, -0.2) is 9.97 Å². The predicted molar refractivity (Wildman–Crippen MR) is 110 cm³/mol. The van der Waals surface area contributed by atoms with E-state index >= 15 is 0 Å². The molecule has 1 aromatic carbocycles. The number of carbonyl (C=O) groups is 1. The molecule has 2 aromatic heterocycles. The van der Waals surface area contributed by atoms with Crippen LogP contribution in [0.4, 0.5) is 5.82 Å². The fraction of sp³-hybridized carbons (Fsp3) is 0.381. The molecule has 28 heavy (non-hydrogen) atoms. The molecule has 1 N–H and O–H groups in total. The van der Waals surface area contributed by atoms with Crippen molar-refractivity contribution in [3.05, 3.63) is 53.4 Å². The first-order valence-corrected chi connectivity index (χ1v) is 10.1. The van der Waals surface area contributed by atoms with Crippen molar-refractivity contribution in [3.8, 4) is 0 Å². The Morgan fingerprint density at radius 1 is 1.14 bits per heavy atom. The average Bonchev–Trinajstić information content (AvgIpc) is 3.37. The second-order valence-corrected chi connectivity index (χ2v) is 8.20. The minimum absolute atomic E-state index is 0.0231. The number of fused-ring (bicyclic) bond motifs is 1. The van der Waals surface area contributed by atoms with E-state index in [0.29, 0.717) is 5.02 Å². The number of H-pyrrole nitrogens is 1. The van der Waals surface area contributed by atoms with Gasteiger partial charge in [0.05, 0.1) is 11.4 Å². The third kappa shape index (κ3) is 2.97. The number of aromatic amines is 1. The van der Waals surface area contributed by atoms with Gasteiger partial charge in [-0.3, -0.25) is 4.90 Å². The Kier molecular flexibility index (Phi) is 4.33. The summed E-state index contributed by atoms with van der Waals surface area (Å²) >= 11 is 6.04. The summed E-state index contributed by atoms with van der Waals surface area (Å²) in [6, 6.07) is 9.45. The van der Waals surface area contributed by atoms with E-state index in [4.69, 9.17) is 11.6 Å². The highest BCUT2D eigenvalue weighted by Crippen LogP contribution is 2.48. The topological polar surface area (TPSA) is 65.1 Å². The molecule has 0 bridgehead atoms. The minimum atomic E-state index is -0.239. The van der Waals surface area contributed by atoms with E-state index in [-0.39, 0.29) is 11.6 Å². The molecule has 3 heterocycles. The Morgan fingerprint density at radius 2 is 1.96 bits per heavy atom. The molecular formula is C21H22ClN5O. The number of hydrogen-bond acceptors (Lipinski definition) is 5. The number of nitrogens with one attached hydrogen (secondary N) is 1. The van der Waals surface area contributed by atoms with Gasteiger partial charge >= 0.3 is 0 Å². The number of carbonyl (C=O) groups excluding carboxylic acids is 1. The summed E-state index contributed by atoms with van der Waals surface area (Å²) < 4.78 is 0. The second-order valence-electron chi connectivity index (χ2n) is 7.76. The van der Waals surface area contributed by atoms with Crippen LogP contribution in [0.1, 0.15) is 30.9 Å². The summed E-state index contributed by atoms with van der Waals surface area (Å²) in [4.78, 5) is 28.9. The molecule has 5 rings (SSSR count).